The fourth-order valence-corrected chi connectivity index (χ4v) is 2.11. The number of hydrogen-bond acceptors (Lipinski definition) is 5. The average molecular weight is 325 g/mol. The van der Waals surface area contributed by atoms with Crippen molar-refractivity contribution >= 4 is 23.4 Å². The second kappa shape index (κ2) is 6.81. The van der Waals surface area contributed by atoms with Gasteiger partial charge in [0, 0.05) is 10.6 Å². The second-order valence-corrected chi connectivity index (χ2v) is 5.66. The van der Waals surface area contributed by atoms with Crippen LogP contribution in [-0.2, 0) is 0 Å². The number of carboxylic acids is 1. The molecule has 118 valence electrons. The number of anilines is 1. The summed E-state index contributed by atoms with van der Waals surface area (Å²) in [5, 5.41) is 26.1. The number of nitrogens with one attached hydrogen (secondary N) is 1. The summed E-state index contributed by atoms with van der Waals surface area (Å²) >= 11 is 5.83. The fourth-order valence-electron chi connectivity index (χ4n) is 1.98. The van der Waals surface area contributed by atoms with E-state index in [-0.39, 0.29) is 35.7 Å². The Morgan fingerprint density at radius 2 is 2.00 bits per heavy atom. The number of aliphatic hydroxyl groups is 1. The smallest absolute Gasteiger partial charge is 0.343 e. The van der Waals surface area contributed by atoms with Gasteiger partial charge in [-0.15, -0.1) is 0 Å². The molecule has 1 aromatic carbocycles. The summed E-state index contributed by atoms with van der Waals surface area (Å²) in [6.07, 6.45) is 0. The summed E-state index contributed by atoms with van der Waals surface area (Å²) in [5.74, 6) is -0.811. The summed E-state index contributed by atoms with van der Waals surface area (Å²) in [4.78, 5) is 11.6. The van der Waals surface area contributed by atoms with Crippen molar-refractivity contribution in [3.8, 4) is 11.3 Å². The van der Waals surface area contributed by atoms with Crippen LogP contribution in [0.25, 0.3) is 11.3 Å². The maximum Gasteiger partial charge on any atom is 0.343 e. The van der Waals surface area contributed by atoms with Gasteiger partial charge in [0.05, 0.1) is 12.6 Å². The average Bonchev–Trinajstić information content (AvgIpc) is 2.89. The molecule has 0 radical (unpaired) electrons. The molecule has 0 bridgehead atoms. The van der Waals surface area contributed by atoms with Gasteiger partial charge in [-0.05, 0) is 30.2 Å². The van der Waals surface area contributed by atoms with Crippen LogP contribution < -0.4 is 5.32 Å². The van der Waals surface area contributed by atoms with Gasteiger partial charge in [-0.2, -0.15) is 0 Å². The van der Waals surface area contributed by atoms with E-state index in [1.54, 1.807) is 24.3 Å². The number of rotatable bonds is 6. The summed E-state index contributed by atoms with van der Waals surface area (Å²) < 4.78 is 5.19. The molecule has 0 aliphatic heterocycles. The lowest BCUT2D eigenvalue weighted by molar-refractivity contribution is 0.0698. The van der Waals surface area contributed by atoms with E-state index >= 15 is 0 Å². The highest BCUT2D eigenvalue weighted by Gasteiger charge is 2.26. The molecular weight excluding hydrogens is 308 g/mol. The number of benzene rings is 1. The lowest BCUT2D eigenvalue weighted by Crippen LogP contribution is -2.30. The van der Waals surface area contributed by atoms with Crippen LogP contribution in [0.2, 0.25) is 5.02 Å². The van der Waals surface area contributed by atoms with Crippen molar-refractivity contribution in [1.29, 1.82) is 0 Å². The van der Waals surface area contributed by atoms with Gasteiger partial charge in [-0.1, -0.05) is 30.6 Å². The standard InChI is InChI=1S/C15H17ClN2O4/c1-8(2)11(7-19)17-14-12(15(20)21)13(22-18-14)9-3-5-10(16)6-4-9/h3-6,8,11,19H,7H2,1-2H3,(H,17,18)(H,20,21)/t11-/m1/s1. The molecule has 2 aromatic rings. The predicted molar refractivity (Wildman–Crippen MR) is 83.2 cm³/mol. The topological polar surface area (TPSA) is 95.6 Å². The molecule has 0 aliphatic rings. The Hall–Kier alpha value is -2.05. The molecule has 0 fully saturated rings. The van der Waals surface area contributed by atoms with E-state index in [1.165, 1.54) is 0 Å². The third-order valence-electron chi connectivity index (χ3n) is 3.34. The summed E-state index contributed by atoms with van der Waals surface area (Å²) in [5.41, 5.74) is 0.494. The zero-order valence-corrected chi connectivity index (χ0v) is 13.0. The molecule has 0 saturated heterocycles. The molecule has 22 heavy (non-hydrogen) atoms. The zero-order chi connectivity index (χ0) is 16.3. The van der Waals surface area contributed by atoms with E-state index in [0.717, 1.165) is 0 Å². The van der Waals surface area contributed by atoms with Gasteiger partial charge in [-0.3, -0.25) is 0 Å². The SMILES string of the molecule is CC(C)[C@@H](CO)Nc1noc(-c2ccc(Cl)cc2)c1C(=O)O. The van der Waals surface area contributed by atoms with E-state index < -0.39 is 5.97 Å². The van der Waals surface area contributed by atoms with Gasteiger partial charge >= 0.3 is 5.97 Å². The first kappa shape index (κ1) is 16.3. The molecule has 6 nitrogen and oxygen atoms in total. The molecule has 1 aromatic heterocycles. The molecule has 0 aliphatic carbocycles. The Labute approximate surface area is 132 Å². The first-order valence-electron chi connectivity index (χ1n) is 6.80. The number of nitrogens with zero attached hydrogens (tertiary/aromatic N) is 1. The Kier molecular flexibility index (Phi) is 5.05. The third-order valence-corrected chi connectivity index (χ3v) is 3.59. The van der Waals surface area contributed by atoms with Crippen LogP contribution in [-0.4, -0.2) is 34.0 Å². The minimum atomic E-state index is -1.16. The summed E-state index contributed by atoms with van der Waals surface area (Å²) in [6.45, 7) is 3.68. The van der Waals surface area contributed by atoms with Crippen molar-refractivity contribution in [3.05, 3.63) is 34.9 Å². The van der Waals surface area contributed by atoms with Crippen molar-refractivity contribution < 1.29 is 19.5 Å². The van der Waals surface area contributed by atoms with Gasteiger partial charge in [0.1, 0.15) is 0 Å². The maximum atomic E-state index is 11.6. The van der Waals surface area contributed by atoms with Crippen LogP contribution in [0.5, 0.6) is 0 Å². The second-order valence-electron chi connectivity index (χ2n) is 5.22. The van der Waals surface area contributed by atoms with Gasteiger partial charge in [0.15, 0.2) is 17.1 Å². The zero-order valence-electron chi connectivity index (χ0n) is 12.2. The van der Waals surface area contributed by atoms with E-state index in [9.17, 15) is 15.0 Å². The number of aromatic nitrogens is 1. The highest BCUT2D eigenvalue weighted by atomic mass is 35.5. The molecule has 1 heterocycles. The number of halogens is 1. The Morgan fingerprint density at radius 3 is 2.50 bits per heavy atom. The highest BCUT2D eigenvalue weighted by molar-refractivity contribution is 6.30. The minimum absolute atomic E-state index is 0.0681. The predicted octanol–water partition coefficient (Wildman–Crippen LogP) is 3.12. The van der Waals surface area contributed by atoms with Crippen molar-refractivity contribution in [3.63, 3.8) is 0 Å². The quantitative estimate of drug-likeness (QED) is 0.755. The van der Waals surface area contributed by atoms with E-state index in [4.69, 9.17) is 16.1 Å². The van der Waals surface area contributed by atoms with Crippen molar-refractivity contribution in [2.24, 2.45) is 5.92 Å². The van der Waals surface area contributed by atoms with Crippen LogP contribution in [0.15, 0.2) is 28.8 Å². The molecule has 0 spiro atoms. The van der Waals surface area contributed by atoms with E-state index in [2.05, 4.69) is 10.5 Å². The summed E-state index contributed by atoms with van der Waals surface area (Å²) in [7, 11) is 0. The molecule has 0 amide bonds. The van der Waals surface area contributed by atoms with Crippen molar-refractivity contribution in [1.82, 2.24) is 5.16 Å². The fraction of sp³-hybridized carbons (Fsp3) is 0.333. The molecule has 7 heteroatoms. The molecular formula is C15H17ClN2O4. The lowest BCUT2D eigenvalue weighted by atomic mass is 10.0. The monoisotopic (exact) mass is 324 g/mol. The number of aromatic carboxylic acids is 1. The molecule has 2 rings (SSSR count). The largest absolute Gasteiger partial charge is 0.477 e. The van der Waals surface area contributed by atoms with Crippen LogP contribution in [0.1, 0.15) is 24.2 Å². The number of hydrogen-bond donors (Lipinski definition) is 3. The van der Waals surface area contributed by atoms with Gasteiger partial charge in [0.2, 0.25) is 0 Å². The van der Waals surface area contributed by atoms with E-state index in [0.29, 0.717) is 10.6 Å². The number of carboxylic acid groups (broad SMARTS) is 1. The molecule has 1 atom stereocenters. The van der Waals surface area contributed by atoms with Crippen molar-refractivity contribution in [2.75, 3.05) is 11.9 Å². The van der Waals surface area contributed by atoms with Gasteiger partial charge < -0.3 is 20.1 Å². The normalized spacial score (nSPS) is 12.4. The first-order valence-corrected chi connectivity index (χ1v) is 7.18. The maximum absolute atomic E-state index is 11.6. The Morgan fingerprint density at radius 1 is 1.36 bits per heavy atom. The molecule has 0 saturated carbocycles. The third kappa shape index (κ3) is 3.40. The number of aliphatic hydroxyl groups excluding tert-OH is 1. The lowest BCUT2D eigenvalue weighted by Gasteiger charge is -2.19. The first-order chi connectivity index (χ1) is 10.4. The Bertz CT molecular complexity index is 652. The minimum Gasteiger partial charge on any atom is -0.477 e. The van der Waals surface area contributed by atoms with Gasteiger partial charge in [0.25, 0.3) is 0 Å². The Balaban J connectivity index is 2.41. The van der Waals surface area contributed by atoms with Crippen LogP contribution in [0, 0.1) is 5.92 Å². The molecule has 3 N–H and O–H groups in total. The van der Waals surface area contributed by atoms with Crippen LogP contribution in [0.3, 0.4) is 0 Å². The number of carbonyl (C=O) groups is 1. The van der Waals surface area contributed by atoms with Gasteiger partial charge in [-0.25, -0.2) is 4.79 Å². The van der Waals surface area contributed by atoms with E-state index in [1.807, 2.05) is 13.8 Å². The van der Waals surface area contributed by atoms with Crippen molar-refractivity contribution in [2.45, 2.75) is 19.9 Å². The van der Waals surface area contributed by atoms with Crippen LogP contribution in [0.4, 0.5) is 5.82 Å². The highest BCUT2D eigenvalue weighted by Crippen LogP contribution is 2.30. The summed E-state index contributed by atoms with van der Waals surface area (Å²) in [6, 6.07) is 6.28. The van der Waals surface area contributed by atoms with Crippen LogP contribution >= 0.6 is 11.6 Å². The molecule has 0 unspecified atom stereocenters.